The van der Waals surface area contributed by atoms with Crippen LogP contribution < -0.4 is 9.62 Å². The quantitative estimate of drug-likeness (QED) is 0.866. The number of rotatable bonds is 5. The average molecular weight is 312 g/mol. The van der Waals surface area contributed by atoms with Crippen LogP contribution in [-0.2, 0) is 10.0 Å². The van der Waals surface area contributed by atoms with E-state index in [1.54, 1.807) is 26.0 Å². The monoisotopic (exact) mass is 312 g/mol. The molecule has 0 bridgehead atoms. The van der Waals surface area contributed by atoms with E-state index in [2.05, 4.69) is 11.6 Å². The number of hydrogen-bond acceptors (Lipinski definition) is 4. The molecule has 5 nitrogen and oxygen atoms in total. The molecule has 0 saturated carbocycles. The molecule has 118 valence electrons. The molecule has 1 saturated heterocycles. The van der Waals surface area contributed by atoms with Crippen molar-refractivity contribution < 1.29 is 13.5 Å². The fourth-order valence-electron chi connectivity index (χ4n) is 2.88. The molecule has 1 aromatic carbocycles. The SMILES string of the molecule is CC(C)NS(=O)(=O)c1ccccc1N1CCC(C)C1CO. The first kappa shape index (κ1) is 16.3. The predicted molar refractivity (Wildman–Crippen MR) is 83.9 cm³/mol. The number of sulfonamides is 1. The highest BCUT2D eigenvalue weighted by atomic mass is 32.2. The Hall–Kier alpha value is -1.11. The fourth-order valence-corrected chi connectivity index (χ4v) is 4.35. The van der Waals surface area contributed by atoms with Gasteiger partial charge in [0.25, 0.3) is 0 Å². The van der Waals surface area contributed by atoms with Gasteiger partial charge in [-0.1, -0.05) is 19.1 Å². The van der Waals surface area contributed by atoms with Gasteiger partial charge < -0.3 is 10.0 Å². The lowest BCUT2D eigenvalue weighted by Crippen LogP contribution is -2.37. The summed E-state index contributed by atoms with van der Waals surface area (Å²) in [7, 11) is -3.55. The third-order valence-corrected chi connectivity index (χ3v) is 5.63. The lowest BCUT2D eigenvalue weighted by atomic mass is 10.0. The van der Waals surface area contributed by atoms with E-state index in [1.165, 1.54) is 0 Å². The molecule has 6 heteroatoms. The minimum absolute atomic E-state index is 0.0274. The highest BCUT2D eigenvalue weighted by Gasteiger charge is 2.33. The molecule has 0 amide bonds. The van der Waals surface area contributed by atoms with Crippen molar-refractivity contribution in [2.45, 2.75) is 44.2 Å². The van der Waals surface area contributed by atoms with E-state index in [9.17, 15) is 13.5 Å². The number of hydrogen-bond donors (Lipinski definition) is 2. The summed E-state index contributed by atoms with van der Waals surface area (Å²) in [4.78, 5) is 2.30. The summed E-state index contributed by atoms with van der Waals surface area (Å²) in [5.41, 5.74) is 0.675. The maximum Gasteiger partial charge on any atom is 0.242 e. The van der Waals surface area contributed by atoms with Gasteiger partial charge in [-0.2, -0.15) is 0 Å². The third kappa shape index (κ3) is 3.39. The minimum Gasteiger partial charge on any atom is -0.394 e. The molecular formula is C15H24N2O3S. The summed E-state index contributed by atoms with van der Waals surface area (Å²) < 4.78 is 27.6. The zero-order valence-corrected chi connectivity index (χ0v) is 13.6. The van der Waals surface area contributed by atoms with Gasteiger partial charge in [0.2, 0.25) is 10.0 Å². The zero-order chi connectivity index (χ0) is 15.6. The Morgan fingerprint density at radius 2 is 2.05 bits per heavy atom. The van der Waals surface area contributed by atoms with Gasteiger partial charge in [-0.25, -0.2) is 13.1 Å². The van der Waals surface area contributed by atoms with Crippen LogP contribution in [-0.4, -0.2) is 38.8 Å². The molecule has 0 radical (unpaired) electrons. The minimum atomic E-state index is -3.55. The average Bonchev–Trinajstić information content (AvgIpc) is 2.78. The molecule has 0 aromatic heterocycles. The standard InChI is InChI=1S/C15H24N2O3S/c1-11(2)16-21(19,20)15-7-5-4-6-13(15)17-9-8-12(3)14(17)10-18/h4-7,11-12,14,16,18H,8-10H2,1-3H3. The number of benzene rings is 1. The van der Waals surface area contributed by atoms with Crippen molar-refractivity contribution in [2.75, 3.05) is 18.1 Å². The Labute approximate surface area is 127 Å². The van der Waals surface area contributed by atoms with E-state index < -0.39 is 10.0 Å². The van der Waals surface area contributed by atoms with Crippen LogP contribution in [0.3, 0.4) is 0 Å². The normalized spacial score (nSPS) is 23.0. The van der Waals surface area contributed by atoms with E-state index in [-0.39, 0.29) is 23.6 Å². The molecule has 0 spiro atoms. The van der Waals surface area contributed by atoms with Crippen LogP contribution in [0.2, 0.25) is 0 Å². The van der Waals surface area contributed by atoms with E-state index in [4.69, 9.17) is 0 Å². The lowest BCUT2D eigenvalue weighted by Gasteiger charge is -2.29. The first-order valence-corrected chi connectivity index (χ1v) is 8.84. The molecule has 1 heterocycles. The second-order valence-electron chi connectivity index (χ2n) is 5.95. The highest BCUT2D eigenvalue weighted by molar-refractivity contribution is 7.89. The zero-order valence-electron chi connectivity index (χ0n) is 12.8. The summed E-state index contributed by atoms with van der Waals surface area (Å²) >= 11 is 0. The second-order valence-corrected chi connectivity index (χ2v) is 7.64. The van der Waals surface area contributed by atoms with Gasteiger partial charge in [0, 0.05) is 12.6 Å². The Morgan fingerprint density at radius 1 is 1.38 bits per heavy atom. The van der Waals surface area contributed by atoms with Crippen molar-refractivity contribution in [3.63, 3.8) is 0 Å². The first-order chi connectivity index (χ1) is 9.86. The molecule has 1 fully saturated rings. The summed E-state index contributed by atoms with van der Waals surface area (Å²) in [6.45, 7) is 6.49. The van der Waals surface area contributed by atoms with E-state index >= 15 is 0 Å². The van der Waals surface area contributed by atoms with Crippen LogP contribution in [0.25, 0.3) is 0 Å². The smallest absolute Gasteiger partial charge is 0.242 e. The molecule has 0 aliphatic carbocycles. The summed E-state index contributed by atoms with van der Waals surface area (Å²) in [5, 5.41) is 9.60. The molecule has 2 N–H and O–H groups in total. The topological polar surface area (TPSA) is 69.6 Å². The fraction of sp³-hybridized carbons (Fsp3) is 0.600. The number of anilines is 1. The van der Waals surface area contributed by atoms with Gasteiger partial charge in [-0.3, -0.25) is 0 Å². The van der Waals surface area contributed by atoms with Crippen molar-refractivity contribution in [3.05, 3.63) is 24.3 Å². The summed E-state index contributed by atoms with van der Waals surface area (Å²) in [5.74, 6) is 0.351. The van der Waals surface area contributed by atoms with Crippen LogP contribution in [0.5, 0.6) is 0 Å². The van der Waals surface area contributed by atoms with Crippen LogP contribution >= 0.6 is 0 Å². The number of nitrogens with one attached hydrogen (secondary N) is 1. The number of para-hydroxylation sites is 1. The Morgan fingerprint density at radius 3 is 2.67 bits per heavy atom. The third-order valence-electron chi connectivity index (χ3n) is 3.92. The summed E-state index contributed by atoms with van der Waals surface area (Å²) in [6, 6.07) is 6.81. The maximum absolute atomic E-state index is 12.5. The van der Waals surface area contributed by atoms with E-state index in [0.717, 1.165) is 13.0 Å². The van der Waals surface area contributed by atoms with Gasteiger partial charge in [-0.15, -0.1) is 0 Å². The molecule has 1 aliphatic rings. The van der Waals surface area contributed by atoms with E-state index in [0.29, 0.717) is 11.6 Å². The van der Waals surface area contributed by atoms with Crippen LogP contribution in [0.4, 0.5) is 5.69 Å². The van der Waals surface area contributed by atoms with Gasteiger partial charge in [0.15, 0.2) is 0 Å². The molecule has 1 aliphatic heterocycles. The number of aliphatic hydroxyl groups excluding tert-OH is 1. The summed E-state index contributed by atoms with van der Waals surface area (Å²) in [6.07, 6.45) is 0.956. The van der Waals surface area contributed by atoms with E-state index in [1.807, 2.05) is 17.0 Å². The van der Waals surface area contributed by atoms with Crippen LogP contribution in [0, 0.1) is 5.92 Å². The molecule has 1 aromatic rings. The molecule has 2 atom stereocenters. The first-order valence-electron chi connectivity index (χ1n) is 7.35. The maximum atomic E-state index is 12.5. The Kier molecular flexibility index (Phi) is 4.91. The highest BCUT2D eigenvalue weighted by Crippen LogP contribution is 2.33. The number of nitrogens with zero attached hydrogens (tertiary/aromatic N) is 1. The van der Waals surface area contributed by atoms with Gasteiger partial charge in [0.1, 0.15) is 4.90 Å². The van der Waals surface area contributed by atoms with Gasteiger partial charge in [-0.05, 0) is 38.3 Å². The second kappa shape index (κ2) is 6.34. The molecule has 21 heavy (non-hydrogen) atoms. The van der Waals surface area contributed by atoms with Crippen LogP contribution in [0.15, 0.2) is 29.2 Å². The van der Waals surface area contributed by atoms with Gasteiger partial charge >= 0.3 is 0 Å². The van der Waals surface area contributed by atoms with Crippen molar-refractivity contribution in [1.29, 1.82) is 0 Å². The van der Waals surface area contributed by atoms with Crippen molar-refractivity contribution >= 4 is 15.7 Å². The molecule has 2 unspecified atom stereocenters. The molecule has 2 rings (SSSR count). The van der Waals surface area contributed by atoms with Crippen LogP contribution in [0.1, 0.15) is 27.2 Å². The molecular weight excluding hydrogens is 288 g/mol. The van der Waals surface area contributed by atoms with Crippen molar-refractivity contribution in [2.24, 2.45) is 5.92 Å². The number of aliphatic hydroxyl groups is 1. The Bertz CT molecular complexity index is 586. The van der Waals surface area contributed by atoms with Crippen molar-refractivity contribution in [3.8, 4) is 0 Å². The van der Waals surface area contributed by atoms with Gasteiger partial charge in [0.05, 0.1) is 18.3 Å². The largest absolute Gasteiger partial charge is 0.394 e. The predicted octanol–water partition coefficient (Wildman–Crippen LogP) is 1.58. The van der Waals surface area contributed by atoms with Crippen molar-refractivity contribution in [1.82, 2.24) is 4.72 Å². The lowest BCUT2D eigenvalue weighted by molar-refractivity contribution is 0.244. The Balaban J connectivity index is 2.42.